The van der Waals surface area contributed by atoms with Crippen molar-refractivity contribution in [2.45, 2.75) is 44.8 Å². The van der Waals surface area contributed by atoms with Gasteiger partial charge in [0.25, 0.3) is 0 Å². The van der Waals surface area contributed by atoms with Crippen molar-refractivity contribution in [1.82, 2.24) is 9.97 Å². The number of nitrogens with zero attached hydrogens (tertiary/aromatic N) is 2. The average Bonchev–Trinajstić information content (AvgIpc) is 2.80. The highest BCUT2D eigenvalue weighted by Gasteiger charge is 2.18. The molecular formula is C12H18N2O2. The zero-order valence-corrected chi connectivity index (χ0v) is 9.59. The van der Waals surface area contributed by atoms with E-state index in [1.807, 2.05) is 6.92 Å². The quantitative estimate of drug-likeness (QED) is 0.843. The minimum absolute atomic E-state index is 0.327. The molecule has 1 aliphatic heterocycles. The van der Waals surface area contributed by atoms with Gasteiger partial charge in [0.05, 0.1) is 29.8 Å². The zero-order valence-electron chi connectivity index (χ0n) is 9.59. The first-order valence-electron chi connectivity index (χ1n) is 5.84. The molecule has 1 N–H and O–H groups in total. The van der Waals surface area contributed by atoms with Crippen LogP contribution < -0.4 is 0 Å². The lowest BCUT2D eigenvalue weighted by Gasteiger charge is -2.13. The molecule has 1 aliphatic rings. The van der Waals surface area contributed by atoms with Crippen molar-refractivity contribution in [3.63, 3.8) is 0 Å². The Balaban J connectivity index is 1.82. The van der Waals surface area contributed by atoms with Gasteiger partial charge < -0.3 is 9.84 Å². The normalized spacial score (nSPS) is 22.2. The van der Waals surface area contributed by atoms with Crippen molar-refractivity contribution in [2.24, 2.45) is 0 Å². The highest BCUT2D eigenvalue weighted by Crippen LogP contribution is 2.22. The first-order valence-corrected chi connectivity index (χ1v) is 5.84. The van der Waals surface area contributed by atoms with Crippen LogP contribution in [-0.4, -0.2) is 27.8 Å². The summed E-state index contributed by atoms with van der Waals surface area (Å²) in [4.78, 5) is 8.30. The van der Waals surface area contributed by atoms with E-state index in [4.69, 9.17) is 4.74 Å². The van der Waals surface area contributed by atoms with Crippen LogP contribution in [0.25, 0.3) is 0 Å². The first-order chi connectivity index (χ1) is 7.75. The fourth-order valence-electron chi connectivity index (χ4n) is 1.94. The fraction of sp³-hybridized carbons (Fsp3) is 0.667. The van der Waals surface area contributed by atoms with Crippen LogP contribution in [0.15, 0.2) is 12.4 Å². The molecule has 0 radical (unpaired) electrons. The summed E-state index contributed by atoms with van der Waals surface area (Å²) in [5.74, 6) is 0. The maximum atomic E-state index is 9.91. The molecule has 16 heavy (non-hydrogen) atoms. The zero-order chi connectivity index (χ0) is 11.4. The summed E-state index contributed by atoms with van der Waals surface area (Å²) in [6.45, 7) is 2.75. The monoisotopic (exact) mass is 222 g/mol. The lowest BCUT2D eigenvalue weighted by molar-refractivity contribution is 0.0801. The van der Waals surface area contributed by atoms with Crippen molar-refractivity contribution in [3.8, 4) is 0 Å². The molecule has 0 saturated carbocycles. The van der Waals surface area contributed by atoms with Gasteiger partial charge in [-0.25, -0.2) is 0 Å². The Labute approximate surface area is 95.7 Å². The summed E-state index contributed by atoms with van der Waals surface area (Å²) in [5, 5.41) is 9.91. The number of aliphatic hydroxyl groups is 1. The molecule has 4 heteroatoms. The molecule has 88 valence electrons. The lowest BCUT2D eigenvalue weighted by Crippen LogP contribution is -2.09. The van der Waals surface area contributed by atoms with Gasteiger partial charge in [-0.1, -0.05) is 0 Å². The van der Waals surface area contributed by atoms with Gasteiger partial charge in [-0.15, -0.1) is 0 Å². The van der Waals surface area contributed by atoms with Gasteiger partial charge in [0.2, 0.25) is 0 Å². The summed E-state index contributed by atoms with van der Waals surface area (Å²) in [6.07, 6.45) is 7.00. The van der Waals surface area contributed by atoms with E-state index in [1.54, 1.807) is 12.4 Å². The van der Waals surface area contributed by atoms with Gasteiger partial charge in [-0.2, -0.15) is 0 Å². The maximum Gasteiger partial charge on any atom is 0.0976 e. The molecule has 0 aromatic carbocycles. The number of ether oxygens (including phenoxy) is 1. The third-order valence-electron chi connectivity index (χ3n) is 2.93. The van der Waals surface area contributed by atoms with Gasteiger partial charge in [0.1, 0.15) is 0 Å². The minimum atomic E-state index is -0.516. The van der Waals surface area contributed by atoms with Crippen LogP contribution >= 0.6 is 0 Å². The number of hydrogen-bond acceptors (Lipinski definition) is 4. The molecule has 0 amide bonds. The van der Waals surface area contributed by atoms with Gasteiger partial charge in [0, 0.05) is 12.8 Å². The minimum Gasteiger partial charge on any atom is -0.387 e. The first kappa shape index (κ1) is 11.5. The molecule has 2 heterocycles. The predicted molar refractivity (Wildman–Crippen MR) is 59.9 cm³/mol. The fourth-order valence-corrected chi connectivity index (χ4v) is 1.94. The van der Waals surface area contributed by atoms with Crippen LogP contribution in [-0.2, 0) is 4.74 Å². The van der Waals surface area contributed by atoms with Gasteiger partial charge in [-0.3, -0.25) is 9.97 Å². The molecule has 2 rings (SSSR count). The largest absolute Gasteiger partial charge is 0.387 e. The highest BCUT2D eigenvalue weighted by molar-refractivity contribution is 5.03. The molecule has 1 fully saturated rings. The molecule has 2 unspecified atom stereocenters. The van der Waals surface area contributed by atoms with Crippen LogP contribution in [0, 0.1) is 6.92 Å². The SMILES string of the molecule is Cc1cnc(C(O)CCC2CCCO2)cn1. The van der Waals surface area contributed by atoms with Crippen molar-refractivity contribution in [3.05, 3.63) is 23.8 Å². The van der Waals surface area contributed by atoms with E-state index in [1.165, 1.54) is 0 Å². The van der Waals surface area contributed by atoms with Crippen molar-refractivity contribution in [1.29, 1.82) is 0 Å². The van der Waals surface area contributed by atoms with Gasteiger partial charge in [0.15, 0.2) is 0 Å². The van der Waals surface area contributed by atoms with E-state index in [0.29, 0.717) is 18.2 Å². The van der Waals surface area contributed by atoms with E-state index in [9.17, 15) is 5.11 Å². The average molecular weight is 222 g/mol. The third kappa shape index (κ3) is 3.00. The summed E-state index contributed by atoms with van der Waals surface area (Å²) >= 11 is 0. The van der Waals surface area contributed by atoms with E-state index in [2.05, 4.69) is 9.97 Å². The number of rotatable bonds is 4. The van der Waals surface area contributed by atoms with Crippen molar-refractivity contribution in [2.75, 3.05) is 6.61 Å². The predicted octanol–water partition coefficient (Wildman–Crippen LogP) is 1.78. The van der Waals surface area contributed by atoms with Crippen LogP contribution in [0.5, 0.6) is 0 Å². The Morgan fingerprint density at radius 3 is 3.00 bits per heavy atom. The van der Waals surface area contributed by atoms with Gasteiger partial charge >= 0.3 is 0 Å². The molecule has 1 aromatic heterocycles. The molecule has 2 atom stereocenters. The van der Waals surface area contributed by atoms with E-state index >= 15 is 0 Å². The number of aliphatic hydroxyl groups excluding tert-OH is 1. The Hall–Kier alpha value is -1.00. The number of aromatic nitrogens is 2. The highest BCUT2D eigenvalue weighted by atomic mass is 16.5. The smallest absolute Gasteiger partial charge is 0.0976 e. The molecular weight excluding hydrogens is 204 g/mol. The summed E-state index contributed by atoms with van der Waals surface area (Å²) < 4.78 is 5.51. The third-order valence-corrected chi connectivity index (χ3v) is 2.93. The Kier molecular flexibility index (Phi) is 3.85. The second-order valence-electron chi connectivity index (χ2n) is 4.31. The standard InChI is InChI=1S/C12H18N2O2/c1-9-7-14-11(8-13-9)12(15)5-4-10-3-2-6-16-10/h7-8,10,12,15H,2-6H2,1H3. The second-order valence-corrected chi connectivity index (χ2v) is 4.31. The molecule has 1 aromatic rings. The summed E-state index contributed by atoms with van der Waals surface area (Å²) in [7, 11) is 0. The summed E-state index contributed by atoms with van der Waals surface area (Å²) in [5.41, 5.74) is 1.53. The van der Waals surface area contributed by atoms with Crippen LogP contribution in [0.1, 0.15) is 43.2 Å². The second kappa shape index (κ2) is 5.37. The van der Waals surface area contributed by atoms with E-state index < -0.39 is 6.10 Å². The van der Waals surface area contributed by atoms with Crippen LogP contribution in [0.2, 0.25) is 0 Å². The van der Waals surface area contributed by atoms with Crippen molar-refractivity contribution >= 4 is 0 Å². The Morgan fingerprint density at radius 1 is 1.50 bits per heavy atom. The van der Waals surface area contributed by atoms with Crippen LogP contribution in [0.3, 0.4) is 0 Å². The Morgan fingerprint density at radius 2 is 2.38 bits per heavy atom. The molecule has 0 spiro atoms. The lowest BCUT2D eigenvalue weighted by atomic mass is 10.1. The van der Waals surface area contributed by atoms with E-state index in [0.717, 1.165) is 31.6 Å². The number of aryl methyl sites for hydroxylation is 1. The van der Waals surface area contributed by atoms with E-state index in [-0.39, 0.29) is 0 Å². The summed E-state index contributed by atoms with van der Waals surface area (Å²) in [6, 6.07) is 0. The van der Waals surface area contributed by atoms with Gasteiger partial charge in [-0.05, 0) is 32.6 Å². The Bertz CT molecular complexity index is 320. The van der Waals surface area contributed by atoms with Crippen LogP contribution in [0.4, 0.5) is 0 Å². The maximum absolute atomic E-state index is 9.91. The van der Waals surface area contributed by atoms with Crippen molar-refractivity contribution < 1.29 is 9.84 Å². The molecule has 0 aliphatic carbocycles. The molecule has 4 nitrogen and oxygen atoms in total. The molecule has 0 bridgehead atoms. The number of hydrogen-bond donors (Lipinski definition) is 1. The molecule has 1 saturated heterocycles. The topological polar surface area (TPSA) is 55.2 Å².